The van der Waals surface area contributed by atoms with Gasteiger partial charge in [-0.15, -0.1) is 0 Å². The Morgan fingerprint density at radius 3 is 2.57 bits per heavy atom. The molecule has 0 unspecified atom stereocenters. The average Bonchev–Trinajstić information content (AvgIpc) is 2.37. The van der Waals surface area contributed by atoms with Crippen LogP contribution in [-0.4, -0.2) is 20.9 Å². The van der Waals surface area contributed by atoms with Crippen LogP contribution < -0.4 is 5.32 Å². The molecule has 0 aromatic carbocycles. The van der Waals surface area contributed by atoms with E-state index in [0.717, 1.165) is 18.3 Å². The van der Waals surface area contributed by atoms with Crippen LogP contribution in [0.4, 0.5) is 19.0 Å². The SMILES string of the molecule is Cc1ncc(C(=O)Nc2cc(C(F)(F)F)ccn2)c(C)n1. The van der Waals surface area contributed by atoms with E-state index in [9.17, 15) is 18.0 Å². The number of amides is 1. The van der Waals surface area contributed by atoms with E-state index in [0.29, 0.717) is 11.5 Å². The second-order valence-electron chi connectivity index (χ2n) is 4.30. The summed E-state index contributed by atoms with van der Waals surface area (Å²) in [5.41, 5.74) is -0.267. The largest absolute Gasteiger partial charge is 0.416 e. The second kappa shape index (κ2) is 5.47. The minimum Gasteiger partial charge on any atom is -0.306 e. The zero-order valence-electron chi connectivity index (χ0n) is 11.2. The summed E-state index contributed by atoms with van der Waals surface area (Å²) in [5, 5.41) is 2.30. The fourth-order valence-electron chi connectivity index (χ4n) is 1.66. The molecule has 0 aliphatic heterocycles. The van der Waals surface area contributed by atoms with Crippen LogP contribution in [0.25, 0.3) is 0 Å². The van der Waals surface area contributed by atoms with Crippen molar-refractivity contribution >= 4 is 11.7 Å². The molecule has 1 N–H and O–H groups in total. The van der Waals surface area contributed by atoms with Crippen molar-refractivity contribution in [3.8, 4) is 0 Å². The number of carbonyl (C=O) groups excluding carboxylic acids is 1. The zero-order chi connectivity index (χ0) is 15.6. The molecule has 2 aromatic rings. The molecule has 0 saturated carbocycles. The molecule has 0 aliphatic rings. The Kier molecular flexibility index (Phi) is 3.88. The van der Waals surface area contributed by atoms with Crippen LogP contribution in [-0.2, 0) is 6.18 Å². The molecule has 0 radical (unpaired) electrons. The van der Waals surface area contributed by atoms with Gasteiger partial charge in [-0.1, -0.05) is 0 Å². The van der Waals surface area contributed by atoms with Gasteiger partial charge in [-0.2, -0.15) is 13.2 Å². The fourth-order valence-corrected chi connectivity index (χ4v) is 1.66. The molecule has 0 aliphatic carbocycles. The zero-order valence-corrected chi connectivity index (χ0v) is 11.2. The molecule has 2 heterocycles. The normalized spacial score (nSPS) is 11.3. The predicted molar refractivity (Wildman–Crippen MR) is 68.7 cm³/mol. The van der Waals surface area contributed by atoms with Gasteiger partial charge in [-0.05, 0) is 26.0 Å². The third kappa shape index (κ3) is 3.53. The van der Waals surface area contributed by atoms with Crippen LogP contribution in [0.15, 0.2) is 24.5 Å². The number of pyridine rings is 1. The lowest BCUT2D eigenvalue weighted by atomic mass is 10.2. The Balaban J connectivity index is 2.24. The number of alkyl halides is 3. The molecular weight excluding hydrogens is 285 g/mol. The molecule has 110 valence electrons. The molecule has 21 heavy (non-hydrogen) atoms. The summed E-state index contributed by atoms with van der Waals surface area (Å²) in [6.07, 6.45) is -2.19. The van der Waals surface area contributed by atoms with Crippen molar-refractivity contribution in [2.24, 2.45) is 0 Å². The lowest BCUT2D eigenvalue weighted by molar-refractivity contribution is -0.137. The van der Waals surface area contributed by atoms with E-state index >= 15 is 0 Å². The molecule has 0 bridgehead atoms. The number of carbonyl (C=O) groups is 1. The van der Waals surface area contributed by atoms with Gasteiger partial charge in [0.25, 0.3) is 5.91 Å². The number of rotatable bonds is 2. The first kappa shape index (κ1) is 14.9. The number of nitrogens with zero attached hydrogens (tertiary/aromatic N) is 3. The standard InChI is InChI=1S/C13H11F3N4O/c1-7-10(6-18-8(2)19-7)12(21)20-11-5-9(3-4-17-11)13(14,15)16/h3-6H,1-2H3,(H,17,20,21). The van der Waals surface area contributed by atoms with Gasteiger partial charge in [0.2, 0.25) is 0 Å². The van der Waals surface area contributed by atoms with Crippen molar-refractivity contribution in [1.82, 2.24) is 15.0 Å². The van der Waals surface area contributed by atoms with E-state index in [2.05, 4.69) is 20.3 Å². The number of halogens is 3. The summed E-state index contributed by atoms with van der Waals surface area (Å²) >= 11 is 0. The Morgan fingerprint density at radius 2 is 1.95 bits per heavy atom. The molecule has 2 aromatic heterocycles. The summed E-state index contributed by atoms with van der Waals surface area (Å²) < 4.78 is 37.7. The Bertz CT molecular complexity index is 685. The van der Waals surface area contributed by atoms with Crippen molar-refractivity contribution < 1.29 is 18.0 Å². The highest BCUT2D eigenvalue weighted by Crippen LogP contribution is 2.29. The Morgan fingerprint density at radius 1 is 1.24 bits per heavy atom. The second-order valence-corrected chi connectivity index (χ2v) is 4.30. The first-order valence-electron chi connectivity index (χ1n) is 5.92. The highest BCUT2D eigenvalue weighted by atomic mass is 19.4. The number of aromatic nitrogens is 3. The predicted octanol–water partition coefficient (Wildman–Crippen LogP) is 2.76. The van der Waals surface area contributed by atoms with Crippen molar-refractivity contribution in [2.75, 3.05) is 5.32 Å². The first-order valence-corrected chi connectivity index (χ1v) is 5.92. The number of nitrogens with one attached hydrogen (secondary N) is 1. The highest BCUT2D eigenvalue weighted by molar-refractivity contribution is 6.04. The third-order valence-electron chi connectivity index (χ3n) is 2.67. The number of hydrogen-bond donors (Lipinski definition) is 1. The Hall–Kier alpha value is -2.51. The van der Waals surface area contributed by atoms with Gasteiger partial charge in [0.15, 0.2) is 0 Å². The van der Waals surface area contributed by atoms with Crippen LogP contribution in [0.3, 0.4) is 0 Å². The smallest absolute Gasteiger partial charge is 0.306 e. The van der Waals surface area contributed by atoms with Crippen LogP contribution in [0.1, 0.15) is 27.4 Å². The van der Waals surface area contributed by atoms with E-state index in [1.165, 1.54) is 6.20 Å². The number of aryl methyl sites for hydroxylation is 2. The molecule has 1 amide bonds. The quantitative estimate of drug-likeness (QED) is 0.925. The maximum Gasteiger partial charge on any atom is 0.416 e. The number of anilines is 1. The third-order valence-corrected chi connectivity index (χ3v) is 2.67. The molecule has 5 nitrogen and oxygen atoms in total. The van der Waals surface area contributed by atoms with Crippen LogP contribution in [0.5, 0.6) is 0 Å². The minimum atomic E-state index is -4.49. The molecule has 2 rings (SSSR count). The van der Waals surface area contributed by atoms with E-state index in [4.69, 9.17) is 0 Å². The van der Waals surface area contributed by atoms with Crippen LogP contribution in [0.2, 0.25) is 0 Å². The molecule has 0 spiro atoms. The summed E-state index contributed by atoms with van der Waals surface area (Å²) in [6.45, 7) is 3.28. The monoisotopic (exact) mass is 296 g/mol. The molecule has 0 saturated heterocycles. The minimum absolute atomic E-state index is 0.180. The molecule has 0 atom stereocenters. The molecular formula is C13H11F3N4O. The molecule has 0 fully saturated rings. The van der Waals surface area contributed by atoms with Gasteiger partial charge < -0.3 is 5.32 Å². The van der Waals surface area contributed by atoms with E-state index in [-0.39, 0.29) is 11.4 Å². The van der Waals surface area contributed by atoms with Crippen LogP contribution in [0, 0.1) is 13.8 Å². The first-order chi connectivity index (χ1) is 9.77. The lowest BCUT2D eigenvalue weighted by Gasteiger charge is -2.09. The van der Waals surface area contributed by atoms with Gasteiger partial charge in [0, 0.05) is 12.4 Å². The van der Waals surface area contributed by atoms with Crippen molar-refractivity contribution in [1.29, 1.82) is 0 Å². The topological polar surface area (TPSA) is 67.8 Å². The van der Waals surface area contributed by atoms with Crippen molar-refractivity contribution in [3.05, 3.63) is 47.2 Å². The maximum atomic E-state index is 12.6. The van der Waals surface area contributed by atoms with E-state index < -0.39 is 17.6 Å². The van der Waals surface area contributed by atoms with Gasteiger partial charge >= 0.3 is 6.18 Å². The van der Waals surface area contributed by atoms with Crippen molar-refractivity contribution in [3.63, 3.8) is 0 Å². The summed E-state index contributed by atoms with van der Waals surface area (Å²) in [5.74, 6) is -0.296. The highest BCUT2D eigenvalue weighted by Gasteiger charge is 2.30. The van der Waals surface area contributed by atoms with Crippen molar-refractivity contribution in [2.45, 2.75) is 20.0 Å². The van der Waals surface area contributed by atoms with Crippen LogP contribution >= 0.6 is 0 Å². The summed E-state index contributed by atoms with van der Waals surface area (Å²) in [6, 6.07) is 1.60. The maximum absolute atomic E-state index is 12.6. The van der Waals surface area contributed by atoms with E-state index in [1.54, 1.807) is 13.8 Å². The fraction of sp³-hybridized carbons (Fsp3) is 0.231. The van der Waals surface area contributed by atoms with Gasteiger partial charge in [0.1, 0.15) is 11.6 Å². The number of hydrogen-bond acceptors (Lipinski definition) is 4. The van der Waals surface area contributed by atoms with Gasteiger partial charge in [-0.25, -0.2) is 15.0 Å². The lowest BCUT2D eigenvalue weighted by Crippen LogP contribution is -2.16. The summed E-state index contributed by atoms with van der Waals surface area (Å²) in [7, 11) is 0. The Labute approximate surface area is 118 Å². The molecule has 8 heteroatoms. The van der Waals surface area contributed by atoms with Gasteiger partial charge in [-0.3, -0.25) is 4.79 Å². The van der Waals surface area contributed by atoms with E-state index in [1.807, 2.05) is 0 Å². The van der Waals surface area contributed by atoms with Gasteiger partial charge in [0.05, 0.1) is 16.8 Å². The summed E-state index contributed by atoms with van der Waals surface area (Å²) in [4.78, 5) is 23.6. The average molecular weight is 296 g/mol.